The number of amides is 1. The summed E-state index contributed by atoms with van der Waals surface area (Å²) in [4.78, 5) is 35.1. The van der Waals surface area contributed by atoms with Crippen molar-refractivity contribution < 1.29 is 9.18 Å². The van der Waals surface area contributed by atoms with E-state index < -0.39 is 0 Å². The van der Waals surface area contributed by atoms with Crippen LogP contribution in [0, 0.1) is 5.82 Å². The van der Waals surface area contributed by atoms with Crippen molar-refractivity contribution in [3.05, 3.63) is 82.0 Å². The Labute approximate surface area is 208 Å². The van der Waals surface area contributed by atoms with Crippen molar-refractivity contribution in [3.63, 3.8) is 0 Å². The van der Waals surface area contributed by atoms with Gasteiger partial charge in [-0.2, -0.15) is 0 Å². The Kier molecular flexibility index (Phi) is 6.90. The number of anilines is 1. The van der Waals surface area contributed by atoms with Crippen molar-refractivity contribution in [1.82, 2.24) is 14.5 Å². The molecule has 2 aromatic carbocycles. The Bertz CT molecular complexity index is 1280. The molecule has 35 heavy (non-hydrogen) atoms. The quantitative estimate of drug-likeness (QED) is 0.457. The lowest BCUT2D eigenvalue weighted by atomic mass is 10.0. The molecule has 0 saturated heterocycles. The number of aromatic nitrogens is 2. The third-order valence-corrected chi connectivity index (χ3v) is 8.10. The van der Waals surface area contributed by atoms with Crippen LogP contribution in [0.5, 0.6) is 0 Å². The zero-order valence-corrected chi connectivity index (χ0v) is 20.6. The van der Waals surface area contributed by atoms with E-state index in [1.54, 1.807) is 51.4 Å². The van der Waals surface area contributed by atoms with Crippen LogP contribution in [0.1, 0.15) is 36.9 Å². The van der Waals surface area contributed by atoms with Crippen LogP contribution in [0.15, 0.2) is 64.5 Å². The summed E-state index contributed by atoms with van der Waals surface area (Å²) in [6, 6.07) is 16.1. The molecule has 1 fully saturated rings. The summed E-state index contributed by atoms with van der Waals surface area (Å²) in [6.45, 7) is 1.18. The number of carbonyl (C=O) groups excluding carboxylic acids is 1. The molecule has 2 heterocycles. The summed E-state index contributed by atoms with van der Waals surface area (Å²) in [6.07, 6.45) is 4.33. The van der Waals surface area contributed by atoms with Crippen molar-refractivity contribution >= 4 is 23.4 Å². The summed E-state index contributed by atoms with van der Waals surface area (Å²) in [5.41, 5.74) is 2.56. The van der Waals surface area contributed by atoms with Gasteiger partial charge < -0.3 is 9.80 Å². The van der Waals surface area contributed by atoms with Gasteiger partial charge in [-0.25, -0.2) is 9.37 Å². The molecule has 0 bridgehead atoms. The monoisotopic (exact) mass is 492 g/mol. The van der Waals surface area contributed by atoms with Crippen molar-refractivity contribution in [2.75, 3.05) is 25.0 Å². The summed E-state index contributed by atoms with van der Waals surface area (Å²) in [5.74, 6) is -0.352. The Hall–Kier alpha value is -3.13. The zero-order chi connectivity index (χ0) is 24.4. The van der Waals surface area contributed by atoms with Gasteiger partial charge in [0.1, 0.15) is 5.82 Å². The van der Waals surface area contributed by atoms with Gasteiger partial charge in [0, 0.05) is 38.2 Å². The highest BCUT2D eigenvalue weighted by atomic mass is 32.2. The maximum atomic E-state index is 14.1. The van der Waals surface area contributed by atoms with Crippen LogP contribution in [0.25, 0.3) is 5.69 Å². The molecule has 2 aliphatic rings. The highest BCUT2D eigenvalue weighted by molar-refractivity contribution is 7.99. The fraction of sp³-hybridized carbons (Fsp3) is 0.370. The molecule has 1 aromatic heterocycles. The van der Waals surface area contributed by atoms with E-state index in [1.165, 1.54) is 12.5 Å². The molecule has 5 rings (SSSR count). The van der Waals surface area contributed by atoms with Gasteiger partial charge in [-0.05, 0) is 37.1 Å². The van der Waals surface area contributed by atoms with E-state index in [9.17, 15) is 14.0 Å². The lowest BCUT2D eigenvalue weighted by Gasteiger charge is -2.31. The summed E-state index contributed by atoms with van der Waals surface area (Å²) >= 11 is 1.69. The van der Waals surface area contributed by atoms with Crippen molar-refractivity contribution in [3.8, 4) is 5.69 Å². The third-order valence-electron chi connectivity index (χ3n) is 6.82. The maximum absolute atomic E-state index is 14.1. The number of para-hydroxylation sites is 2. The highest BCUT2D eigenvalue weighted by Gasteiger charge is 2.29. The number of halogens is 1. The molecule has 182 valence electrons. The van der Waals surface area contributed by atoms with Crippen molar-refractivity contribution in [1.29, 1.82) is 0 Å². The molecule has 0 atom stereocenters. The highest BCUT2D eigenvalue weighted by Crippen LogP contribution is 2.36. The van der Waals surface area contributed by atoms with Gasteiger partial charge in [0.05, 0.1) is 29.2 Å². The minimum Gasteiger partial charge on any atom is -0.372 e. The summed E-state index contributed by atoms with van der Waals surface area (Å²) < 4.78 is 15.8. The average molecular weight is 493 g/mol. The van der Waals surface area contributed by atoms with Crippen LogP contribution < -0.4 is 10.5 Å². The molecule has 1 aliphatic carbocycles. The van der Waals surface area contributed by atoms with Gasteiger partial charge in [0.25, 0.3) is 5.56 Å². The van der Waals surface area contributed by atoms with Gasteiger partial charge in [0.15, 0.2) is 5.16 Å². The lowest BCUT2D eigenvalue weighted by Crippen LogP contribution is -2.42. The largest absolute Gasteiger partial charge is 0.372 e. The molecule has 1 saturated carbocycles. The van der Waals surface area contributed by atoms with E-state index in [4.69, 9.17) is 4.98 Å². The molecule has 0 spiro atoms. The molecular formula is C27H29FN4O2S. The normalized spacial score (nSPS) is 15.4. The summed E-state index contributed by atoms with van der Waals surface area (Å²) in [7, 11) is 1.78. The number of fused-ring (bicyclic) bond motifs is 1. The molecule has 1 aliphatic heterocycles. The number of benzene rings is 2. The Morgan fingerprint density at radius 3 is 2.60 bits per heavy atom. The second-order valence-corrected chi connectivity index (χ2v) is 10.4. The van der Waals surface area contributed by atoms with Crippen LogP contribution in [0.2, 0.25) is 0 Å². The predicted octanol–water partition coefficient (Wildman–Crippen LogP) is 4.43. The topological polar surface area (TPSA) is 58.4 Å². The van der Waals surface area contributed by atoms with Crippen molar-refractivity contribution in [2.45, 2.75) is 49.1 Å². The first kappa shape index (κ1) is 23.6. The first-order valence-electron chi connectivity index (χ1n) is 12.1. The van der Waals surface area contributed by atoms with Crippen molar-refractivity contribution in [2.24, 2.45) is 0 Å². The average Bonchev–Trinajstić information content (AvgIpc) is 2.85. The Morgan fingerprint density at radius 1 is 1.14 bits per heavy atom. The second kappa shape index (κ2) is 10.2. The van der Waals surface area contributed by atoms with E-state index in [0.717, 1.165) is 29.4 Å². The number of nitrogens with zero attached hydrogens (tertiary/aromatic N) is 4. The smallest absolute Gasteiger partial charge is 0.264 e. The minimum atomic E-state index is -0.308. The van der Waals surface area contributed by atoms with Gasteiger partial charge in [-0.3, -0.25) is 14.2 Å². The fourth-order valence-corrected chi connectivity index (χ4v) is 5.82. The number of carbonyl (C=O) groups is 1. The molecular weight excluding hydrogens is 463 g/mol. The maximum Gasteiger partial charge on any atom is 0.264 e. The van der Waals surface area contributed by atoms with Gasteiger partial charge in [-0.15, -0.1) is 0 Å². The molecule has 6 nitrogen and oxygen atoms in total. The number of thioether (sulfide) groups is 1. The Balaban J connectivity index is 1.35. The van der Waals surface area contributed by atoms with E-state index in [0.29, 0.717) is 36.0 Å². The predicted molar refractivity (Wildman–Crippen MR) is 137 cm³/mol. The first-order valence-corrected chi connectivity index (χ1v) is 13.0. The molecule has 3 aromatic rings. The minimum absolute atomic E-state index is 0.0441. The molecule has 0 radical (unpaired) electrons. The third kappa shape index (κ3) is 4.98. The van der Waals surface area contributed by atoms with Gasteiger partial charge in [-0.1, -0.05) is 48.5 Å². The van der Waals surface area contributed by atoms with Gasteiger partial charge >= 0.3 is 0 Å². The second-order valence-electron chi connectivity index (χ2n) is 9.15. The van der Waals surface area contributed by atoms with Crippen LogP contribution in [-0.2, 0) is 17.8 Å². The summed E-state index contributed by atoms with van der Waals surface area (Å²) in [5, 5.41) is 1.25. The fourth-order valence-electron chi connectivity index (χ4n) is 4.49. The van der Waals surface area contributed by atoms with Crippen LogP contribution in [0.4, 0.5) is 10.1 Å². The van der Waals surface area contributed by atoms with E-state index in [2.05, 4.69) is 0 Å². The van der Waals surface area contributed by atoms with Crippen LogP contribution in [-0.4, -0.2) is 45.7 Å². The molecule has 1 amide bonds. The number of hydrogen-bond acceptors (Lipinski definition) is 5. The lowest BCUT2D eigenvalue weighted by molar-refractivity contribution is -0.131. The Morgan fingerprint density at radius 2 is 1.89 bits per heavy atom. The first-order chi connectivity index (χ1) is 17.0. The standard InChI is InChI=1S/C27H29FN4O2S/c1-30(24-13-6-5-12-22(24)28)16-15-25(33)31-17-14-23-21(18-31)26(34)32(19-8-3-2-4-9-19)27(29-23)35-20-10-7-11-20/h2-6,8-9,12-13,20H,7,10-11,14-18H2,1H3. The molecule has 0 N–H and O–H groups in total. The number of rotatable bonds is 7. The zero-order valence-electron chi connectivity index (χ0n) is 19.8. The van der Waals surface area contributed by atoms with E-state index in [1.807, 2.05) is 30.3 Å². The molecule has 0 unspecified atom stereocenters. The van der Waals surface area contributed by atoms with E-state index >= 15 is 0 Å². The SMILES string of the molecule is CN(CCC(=O)N1CCc2nc(SC3CCC3)n(-c3ccccc3)c(=O)c2C1)c1ccccc1F. The van der Waals surface area contributed by atoms with Gasteiger partial charge in [0.2, 0.25) is 5.91 Å². The van der Waals surface area contributed by atoms with E-state index in [-0.39, 0.29) is 30.2 Å². The molecule has 8 heteroatoms. The van der Waals surface area contributed by atoms with Crippen LogP contribution in [0.3, 0.4) is 0 Å². The number of hydrogen-bond donors (Lipinski definition) is 0. The van der Waals surface area contributed by atoms with Crippen LogP contribution >= 0.6 is 11.8 Å².